The Morgan fingerprint density at radius 1 is 1.41 bits per heavy atom. The molecule has 5 heteroatoms. The summed E-state index contributed by atoms with van der Waals surface area (Å²) in [5.41, 5.74) is 5.70. The predicted octanol–water partition coefficient (Wildman–Crippen LogP) is 4.22. The molecule has 5 nitrogen and oxygen atoms in total. The van der Waals surface area contributed by atoms with Crippen LogP contribution in [0.1, 0.15) is 31.2 Å². The highest BCUT2D eigenvalue weighted by atomic mass is 16.5. The number of rotatable bonds is 8. The van der Waals surface area contributed by atoms with Crippen molar-refractivity contribution in [3.05, 3.63) is 60.1 Å². The zero-order valence-electron chi connectivity index (χ0n) is 18.2. The number of aromatic nitrogens is 2. The Kier molecular flexibility index (Phi) is 7.29. The molecule has 1 saturated heterocycles. The first-order chi connectivity index (χ1) is 14.0. The number of nitrogens with one attached hydrogen (secondary N) is 1. The van der Waals surface area contributed by atoms with Crippen LogP contribution in [-0.2, 0) is 17.8 Å². The first-order valence-electron chi connectivity index (χ1n) is 10.4. The zero-order valence-corrected chi connectivity index (χ0v) is 18.2. The fourth-order valence-corrected chi connectivity index (χ4v) is 3.84. The van der Waals surface area contributed by atoms with Gasteiger partial charge in [-0.15, -0.1) is 0 Å². The van der Waals surface area contributed by atoms with Crippen LogP contribution < -0.4 is 5.32 Å². The summed E-state index contributed by atoms with van der Waals surface area (Å²) in [5.74, 6) is 1.51. The van der Waals surface area contributed by atoms with Crippen LogP contribution in [0, 0.1) is 5.92 Å². The summed E-state index contributed by atoms with van der Waals surface area (Å²) < 4.78 is 8.15. The van der Waals surface area contributed by atoms with Crippen LogP contribution in [0.4, 0.5) is 0 Å². The molecule has 1 fully saturated rings. The van der Waals surface area contributed by atoms with E-state index in [1.807, 2.05) is 27.2 Å². The average Bonchev–Trinajstić information content (AvgIpc) is 3.06. The Morgan fingerprint density at radius 2 is 2.24 bits per heavy atom. The van der Waals surface area contributed by atoms with Gasteiger partial charge in [0.2, 0.25) is 0 Å². The maximum absolute atomic E-state index is 5.76. The Bertz CT molecular complexity index is 901. The highest BCUT2D eigenvalue weighted by Crippen LogP contribution is 2.28. The fraction of sp³-hybridized carbons (Fsp3) is 0.458. The smallest absolute Gasteiger partial charge is 0.142 e. The van der Waals surface area contributed by atoms with E-state index < -0.39 is 0 Å². The van der Waals surface area contributed by atoms with Crippen LogP contribution in [0.2, 0.25) is 0 Å². The number of allylic oxidation sites excluding steroid dienone is 4. The van der Waals surface area contributed by atoms with Gasteiger partial charge in [0.05, 0.1) is 17.6 Å². The minimum atomic E-state index is 0.512. The standard InChI is InChI=1S/C24H34N4O/c1-6-18(2)12-21(16-27(4)5)24-26-22-10-9-19(14-25-3)13-23(22)28(24)15-20-8-7-11-29-17-20/h6,9-10,12-13,16,20,25H,1,7-8,11,14-15,17H2,2-5H3/b18-12-,21-16+. The summed E-state index contributed by atoms with van der Waals surface area (Å²) in [7, 11) is 6.07. The van der Waals surface area contributed by atoms with Crippen molar-refractivity contribution >= 4 is 16.6 Å². The molecule has 0 aliphatic carbocycles. The Labute approximate surface area is 174 Å². The first kappa shape index (κ1) is 21.3. The van der Waals surface area contributed by atoms with E-state index in [-0.39, 0.29) is 0 Å². The fourth-order valence-electron chi connectivity index (χ4n) is 3.84. The predicted molar refractivity (Wildman–Crippen MR) is 122 cm³/mol. The van der Waals surface area contributed by atoms with Crippen LogP contribution in [0.15, 0.2) is 48.7 Å². The van der Waals surface area contributed by atoms with Crippen molar-refractivity contribution in [2.75, 3.05) is 34.4 Å². The molecule has 0 radical (unpaired) electrons. The van der Waals surface area contributed by atoms with Crippen molar-refractivity contribution in [2.45, 2.75) is 32.9 Å². The molecule has 2 heterocycles. The maximum atomic E-state index is 5.76. The molecule has 1 aromatic carbocycles. The summed E-state index contributed by atoms with van der Waals surface area (Å²) >= 11 is 0. The number of benzene rings is 1. The van der Waals surface area contributed by atoms with Crippen LogP contribution in [0.25, 0.3) is 16.6 Å². The van der Waals surface area contributed by atoms with Crippen LogP contribution in [0.3, 0.4) is 0 Å². The molecule has 1 aliphatic heterocycles. The Balaban J connectivity index is 2.14. The first-order valence-corrected chi connectivity index (χ1v) is 10.4. The quantitative estimate of drug-likeness (QED) is 0.681. The van der Waals surface area contributed by atoms with Gasteiger partial charge in [-0.3, -0.25) is 0 Å². The molecule has 0 bridgehead atoms. The number of hydrogen-bond donors (Lipinski definition) is 1. The molecule has 0 amide bonds. The summed E-state index contributed by atoms with van der Waals surface area (Å²) in [5, 5.41) is 3.25. The van der Waals surface area contributed by atoms with Gasteiger partial charge in [0.15, 0.2) is 0 Å². The summed E-state index contributed by atoms with van der Waals surface area (Å²) in [6, 6.07) is 6.56. The highest BCUT2D eigenvalue weighted by Gasteiger charge is 2.20. The van der Waals surface area contributed by atoms with Crippen LogP contribution in [-0.4, -0.2) is 48.8 Å². The molecule has 1 aliphatic rings. The van der Waals surface area contributed by atoms with E-state index in [2.05, 4.69) is 58.8 Å². The average molecular weight is 395 g/mol. The molecule has 156 valence electrons. The van der Waals surface area contributed by atoms with E-state index in [0.29, 0.717) is 5.92 Å². The summed E-state index contributed by atoms with van der Waals surface area (Å²) in [4.78, 5) is 7.12. The van der Waals surface area contributed by atoms with Gasteiger partial charge in [0, 0.05) is 51.5 Å². The normalized spacial score (nSPS) is 18.3. The Morgan fingerprint density at radius 3 is 2.90 bits per heavy atom. The highest BCUT2D eigenvalue weighted by molar-refractivity contribution is 5.83. The summed E-state index contributed by atoms with van der Waals surface area (Å²) in [6.07, 6.45) is 8.51. The molecule has 1 unspecified atom stereocenters. The molecular weight excluding hydrogens is 360 g/mol. The zero-order chi connectivity index (χ0) is 20.8. The number of nitrogens with zero attached hydrogens (tertiary/aromatic N) is 3. The lowest BCUT2D eigenvalue weighted by atomic mass is 10.0. The topological polar surface area (TPSA) is 42.3 Å². The van der Waals surface area contributed by atoms with E-state index in [1.54, 1.807) is 0 Å². The molecule has 3 rings (SSSR count). The SMILES string of the molecule is C=C/C(C)=C\C(=C/N(C)C)c1nc2ccc(CNC)cc2n1CC1CCCOC1. The van der Waals surface area contributed by atoms with Crippen molar-refractivity contribution in [3.63, 3.8) is 0 Å². The third-order valence-electron chi connectivity index (χ3n) is 5.25. The molecule has 29 heavy (non-hydrogen) atoms. The maximum Gasteiger partial charge on any atom is 0.142 e. The number of hydrogen-bond acceptors (Lipinski definition) is 4. The monoisotopic (exact) mass is 394 g/mol. The van der Waals surface area contributed by atoms with E-state index in [9.17, 15) is 0 Å². The lowest BCUT2D eigenvalue weighted by Gasteiger charge is -2.24. The molecule has 0 spiro atoms. The van der Waals surface area contributed by atoms with Crippen LogP contribution >= 0.6 is 0 Å². The number of imidazole rings is 1. The van der Waals surface area contributed by atoms with Gasteiger partial charge in [0.25, 0.3) is 0 Å². The van der Waals surface area contributed by atoms with Crippen molar-refractivity contribution in [2.24, 2.45) is 5.92 Å². The van der Waals surface area contributed by atoms with Crippen molar-refractivity contribution in [1.82, 2.24) is 19.8 Å². The van der Waals surface area contributed by atoms with Crippen molar-refractivity contribution < 1.29 is 4.74 Å². The lowest BCUT2D eigenvalue weighted by molar-refractivity contribution is 0.0487. The van der Waals surface area contributed by atoms with E-state index in [1.165, 1.54) is 17.5 Å². The van der Waals surface area contributed by atoms with Gasteiger partial charge in [-0.25, -0.2) is 4.98 Å². The number of ether oxygens (including phenoxy) is 1. The largest absolute Gasteiger partial charge is 0.383 e. The molecular formula is C24H34N4O. The molecule has 1 N–H and O–H groups in total. The molecule has 0 saturated carbocycles. The van der Waals surface area contributed by atoms with Gasteiger partial charge in [-0.05, 0) is 50.6 Å². The third kappa shape index (κ3) is 5.37. The van der Waals surface area contributed by atoms with Crippen molar-refractivity contribution in [1.29, 1.82) is 0 Å². The summed E-state index contributed by atoms with van der Waals surface area (Å²) in [6.45, 7) is 9.46. The van der Waals surface area contributed by atoms with E-state index >= 15 is 0 Å². The lowest BCUT2D eigenvalue weighted by Crippen LogP contribution is -2.23. The van der Waals surface area contributed by atoms with Gasteiger partial charge < -0.3 is 19.5 Å². The molecule has 1 atom stereocenters. The Hall–Kier alpha value is -2.37. The van der Waals surface area contributed by atoms with E-state index in [4.69, 9.17) is 9.72 Å². The van der Waals surface area contributed by atoms with Crippen LogP contribution in [0.5, 0.6) is 0 Å². The number of fused-ring (bicyclic) bond motifs is 1. The van der Waals surface area contributed by atoms with Gasteiger partial charge in [-0.1, -0.05) is 24.3 Å². The second-order valence-corrected chi connectivity index (χ2v) is 8.12. The van der Waals surface area contributed by atoms with Gasteiger partial charge >= 0.3 is 0 Å². The van der Waals surface area contributed by atoms with Crippen molar-refractivity contribution in [3.8, 4) is 0 Å². The minimum absolute atomic E-state index is 0.512. The second kappa shape index (κ2) is 9.90. The van der Waals surface area contributed by atoms with Gasteiger partial charge in [0.1, 0.15) is 5.82 Å². The third-order valence-corrected chi connectivity index (χ3v) is 5.25. The van der Waals surface area contributed by atoms with E-state index in [0.717, 1.165) is 55.2 Å². The molecule has 1 aromatic heterocycles. The van der Waals surface area contributed by atoms with Gasteiger partial charge in [-0.2, -0.15) is 0 Å². The second-order valence-electron chi connectivity index (χ2n) is 8.12. The molecule has 2 aromatic rings. The minimum Gasteiger partial charge on any atom is -0.383 e.